The highest BCUT2D eigenvalue weighted by Gasteiger charge is 2.17. The summed E-state index contributed by atoms with van der Waals surface area (Å²) in [7, 11) is 0. The van der Waals surface area contributed by atoms with Gasteiger partial charge >= 0.3 is 0 Å². The number of nitrogens with one attached hydrogen (secondary N) is 3. The van der Waals surface area contributed by atoms with Gasteiger partial charge in [-0.05, 0) is 18.2 Å². The first-order chi connectivity index (χ1) is 12.6. The van der Waals surface area contributed by atoms with Gasteiger partial charge in [-0.1, -0.05) is 23.7 Å². The summed E-state index contributed by atoms with van der Waals surface area (Å²) in [6, 6.07) is 7.87. The van der Waals surface area contributed by atoms with Crippen molar-refractivity contribution in [2.24, 2.45) is 0 Å². The largest absolute Gasteiger partial charge is 0.386 e. The maximum Gasteiger partial charge on any atom is 0.277 e. The molecule has 0 saturated carbocycles. The molecule has 2 aromatic heterocycles. The Morgan fingerprint density at radius 2 is 2.15 bits per heavy atom. The van der Waals surface area contributed by atoms with E-state index in [1.807, 2.05) is 0 Å². The fraction of sp³-hybridized carbons (Fsp3) is 0.118. The second-order valence-electron chi connectivity index (χ2n) is 5.63. The quantitative estimate of drug-likeness (QED) is 0.654. The number of fused-ring (bicyclic) bond motifs is 1. The highest BCUT2D eigenvalue weighted by atomic mass is 35.5. The molecule has 4 rings (SSSR count). The lowest BCUT2D eigenvalue weighted by Gasteiger charge is -2.17. The van der Waals surface area contributed by atoms with E-state index in [4.69, 9.17) is 11.6 Å². The molecular formula is C17H14ClFN6O. The maximum atomic E-state index is 13.7. The number of rotatable bonds is 3. The van der Waals surface area contributed by atoms with Gasteiger partial charge in [-0.15, -0.1) is 0 Å². The fourth-order valence-corrected chi connectivity index (χ4v) is 2.86. The Kier molecular flexibility index (Phi) is 4.18. The minimum absolute atomic E-state index is 0.0203. The molecule has 3 aromatic rings. The summed E-state index contributed by atoms with van der Waals surface area (Å²) in [6.07, 6.45) is 3.13. The monoisotopic (exact) mass is 372 g/mol. The summed E-state index contributed by atoms with van der Waals surface area (Å²) < 4.78 is 15.1. The van der Waals surface area contributed by atoms with E-state index in [9.17, 15) is 9.18 Å². The van der Waals surface area contributed by atoms with Crippen LogP contribution < -0.4 is 16.0 Å². The molecule has 0 aliphatic carbocycles. The van der Waals surface area contributed by atoms with Crippen LogP contribution in [0.25, 0.3) is 16.9 Å². The van der Waals surface area contributed by atoms with Crippen molar-refractivity contribution in [2.75, 3.05) is 13.1 Å². The normalized spacial score (nSPS) is 13.7. The van der Waals surface area contributed by atoms with Crippen LogP contribution in [0.1, 0.15) is 10.5 Å². The Morgan fingerprint density at radius 1 is 1.27 bits per heavy atom. The minimum Gasteiger partial charge on any atom is -0.386 e. The van der Waals surface area contributed by atoms with Crippen molar-refractivity contribution in [3.05, 3.63) is 65.1 Å². The van der Waals surface area contributed by atoms with Crippen molar-refractivity contribution in [1.82, 2.24) is 30.5 Å². The van der Waals surface area contributed by atoms with Crippen LogP contribution in [0.4, 0.5) is 4.39 Å². The van der Waals surface area contributed by atoms with Gasteiger partial charge in [-0.3, -0.25) is 4.79 Å². The lowest BCUT2D eigenvalue weighted by atomic mass is 10.1. The molecule has 132 valence electrons. The topological polar surface area (TPSA) is 83.4 Å². The molecule has 0 atom stereocenters. The molecule has 0 radical (unpaired) electrons. The molecule has 0 fully saturated rings. The van der Waals surface area contributed by atoms with Gasteiger partial charge < -0.3 is 16.0 Å². The van der Waals surface area contributed by atoms with E-state index in [-0.39, 0.29) is 16.6 Å². The Labute approximate surface area is 152 Å². The Hall–Kier alpha value is -3.13. The lowest BCUT2D eigenvalue weighted by molar-refractivity contribution is 0.0955. The highest BCUT2D eigenvalue weighted by molar-refractivity contribution is 6.33. The molecule has 0 spiro atoms. The molecule has 26 heavy (non-hydrogen) atoms. The molecule has 0 unspecified atom stereocenters. The zero-order valence-corrected chi connectivity index (χ0v) is 14.2. The molecule has 0 bridgehead atoms. The standard InChI is InChI=1S/C17H14ClFN6O/c18-16-10(2-1-3-11(16)19)12-4-5-15-22-8-13(25(15)24-12)17(26)23-14-9-20-6-7-21-14/h1-5,8-9,20-21H,6-7H2,(H,23,26). The van der Waals surface area contributed by atoms with Gasteiger partial charge in [-0.25, -0.2) is 13.9 Å². The highest BCUT2D eigenvalue weighted by Crippen LogP contribution is 2.28. The van der Waals surface area contributed by atoms with Gasteiger partial charge in [0.05, 0.1) is 16.9 Å². The number of amides is 1. The van der Waals surface area contributed by atoms with Gasteiger partial charge in [0, 0.05) is 24.9 Å². The van der Waals surface area contributed by atoms with Crippen LogP contribution in [0.5, 0.6) is 0 Å². The second kappa shape index (κ2) is 6.64. The van der Waals surface area contributed by atoms with Crippen molar-refractivity contribution in [1.29, 1.82) is 0 Å². The van der Waals surface area contributed by atoms with E-state index in [0.29, 0.717) is 29.3 Å². The van der Waals surface area contributed by atoms with Crippen molar-refractivity contribution in [2.45, 2.75) is 0 Å². The summed E-state index contributed by atoms with van der Waals surface area (Å²) in [4.78, 5) is 16.7. The first-order valence-corrected chi connectivity index (χ1v) is 8.29. The number of nitrogens with zero attached hydrogens (tertiary/aromatic N) is 3. The number of hydrogen-bond donors (Lipinski definition) is 3. The lowest BCUT2D eigenvalue weighted by Crippen LogP contribution is -2.39. The summed E-state index contributed by atoms with van der Waals surface area (Å²) in [6.45, 7) is 1.49. The van der Waals surface area contributed by atoms with Gasteiger partial charge in [0.2, 0.25) is 0 Å². The van der Waals surface area contributed by atoms with Crippen molar-refractivity contribution in [3.63, 3.8) is 0 Å². The molecule has 0 saturated heterocycles. The summed E-state index contributed by atoms with van der Waals surface area (Å²) in [5.41, 5.74) is 1.62. The Balaban J connectivity index is 1.72. The molecular weight excluding hydrogens is 359 g/mol. The molecule has 9 heteroatoms. The van der Waals surface area contributed by atoms with E-state index in [1.54, 1.807) is 30.5 Å². The third-order valence-electron chi connectivity index (χ3n) is 3.90. The average Bonchev–Trinajstić information content (AvgIpc) is 3.08. The summed E-state index contributed by atoms with van der Waals surface area (Å²) >= 11 is 6.04. The molecule has 3 heterocycles. The van der Waals surface area contributed by atoms with Crippen molar-refractivity contribution >= 4 is 23.2 Å². The molecule has 3 N–H and O–H groups in total. The van der Waals surface area contributed by atoms with Crippen LogP contribution in [0.15, 0.2) is 48.5 Å². The summed E-state index contributed by atoms with van der Waals surface area (Å²) in [5, 5.41) is 13.2. The molecule has 7 nitrogen and oxygen atoms in total. The molecule has 1 aliphatic heterocycles. The molecule has 1 aromatic carbocycles. The molecule has 1 amide bonds. The van der Waals surface area contributed by atoms with Crippen molar-refractivity contribution < 1.29 is 9.18 Å². The van der Waals surface area contributed by atoms with Gasteiger partial charge in [0.15, 0.2) is 11.3 Å². The number of imidazole rings is 1. The van der Waals surface area contributed by atoms with Gasteiger partial charge in [0.25, 0.3) is 5.91 Å². The number of aromatic nitrogens is 3. The zero-order chi connectivity index (χ0) is 18.1. The van der Waals surface area contributed by atoms with Gasteiger partial charge in [-0.2, -0.15) is 5.10 Å². The number of carbonyl (C=O) groups excluding carboxylic acids is 1. The predicted octanol–water partition coefficient (Wildman–Crippen LogP) is 1.91. The first kappa shape index (κ1) is 16.3. The summed E-state index contributed by atoms with van der Waals surface area (Å²) in [5.74, 6) is -0.326. The first-order valence-electron chi connectivity index (χ1n) is 7.91. The van der Waals surface area contributed by atoms with Crippen LogP contribution in [0.3, 0.4) is 0 Å². The van der Waals surface area contributed by atoms with Crippen LogP contribution in [0.2, 0.25) is 5.02 Å². The number of benzene rings is 1. The minimum atomic E-state index is -0.530. The smallest absolute Gasteiger partial charge is 0.277 e. The predicted molar refractivity (Wildman–Crippen MR) is 94.9 cm³/mol. The van der Waals surface area contributed by atoms with Crippen LogP contribution in [-0.2, 0) is 0 Å². The third-order valence-corrected chi connectivity index (χ3v) is 4.29. The number of halogens is 2. The van der Waals surface area contributed by atoms with Crippen LogP contribution in [-0.4, -0.2) is 33.6 Å². The maximum absolute atomic E-state index is 13.7. The van der Waals surface area contributed by atoms with E-state index in [0.717, 1.165) is 6.54 Å². The van der Waals surface area contributed by atoms with Crippen LogP contribution >= 0.6 is 11.6 Å². The third kappa shape index (κ3) is 2.95. The second-order valence-corrected chi connectivity index (χ2v) is 6.00. The average molecular weight is 373 g/mol. The van der Waals surface area contributed by atoms with Gasteiger partial charge in [0.1, 0.15) is 11.6 Å². The SMILES string of the molecule is O=C(NC1=CNCCN1)c1cnc2ccc(-c3cccc(F)c3Cl)nn12. The van der Waals surface area contributed by atoms with E-state index in [1.165, 1.54) is 16.8 Å². The van der Waals surface area contributed by atoms with Crippen LogP contribution in [0, 0.1) is 5.82 Å². The van der Waals surface area contributed by atoms with E-state index >= 15 is 0 Å². The molecule has 1 aliphatic rings. The Bertz CT molecular complexity index is 1030. The van der Waals surface area contributed by atoms with Crippen molar-refractivity contribution in [3.8, 4) is 11.3 Å². The fourth-order valence-electron chi connectivity index (χ4n) is 2.63. The van der Waals surface area contributed by atoms with E-state index < -0.39 is 5.82 Å². The number of hydrogen-bond acceptors (Lipinski definition) is 5. The Morgan fingerprint density at radius 3 is 2.96 bits per heavy atom. The number of carbonyl (C=O) groups is 1. The zero-order valence-electron chi connectivity index (χ0n) is 13.5. The van der Waals surface area contributed by atoms with E-state index in [2.05, 4.69) is 26.0 Å².